The van der Waals surface area contributed by atoms with Gasteiger partial charge >= 0.3 is 6.09 Å². The van der Waals surface area contributed by atoms with Crippen LogP contribution in [0.5, 0.6) is 0 Å². The number of carbonyl (C=O) groups excluding carboxylic acids is 2. The van der Waals surface area contributed by atoms with Gasteiger partial charge in [-0.3, -0.25) is 0 Å². The lowest BCUT2D eigenvalue weighted by molar-refractivity contribution is -0.110. The molecule has 1 aromatic rings. The van der Waals surface area contributed by atoms with Gasteiger partial charge in [-0.15, -0.1) is 0 Å². The van der Waals surface area contributed by atoms with Crippen LogP contribution in [-0.4, -0.2) is 23.0 Å². The van der Waals surface area contributed by atoms with Crippen molar-refractivity contribution in [2.24, 2.45) is 0 Å². The number of nitrogens with zero attached hydrogens (tertiary/aromatic N) is 1. The summed E-state index contributed by atoms with van der Waals surface area (Å²) in [6.45, 7) is 5.20. The second-order valence-corrected chi connectivity index (χ2v) is 4.16. The second kappa shape index (κ2) is 4.78. The van der Waals surface area contributed by atoms with E-state index in [0.29, 0.717) is 6.29 Å². The maximum Gasteiger partial charge on any atom is 0.408 e. The van der Waals surface area contributed by atoms with Crippen LogP contribution in [0.4, 0.5) is 4.79 Å². The summed E-state index contributed by atoms with van der Waals surface area (Å²) in [7, 11) is 0. The molecule has 16 heavy (non-hydrogen) atoms. The van der Waals surface area contributed by atoms with Crippen LogP contribution in [0, 0.1) is 0 Å². The van der Waals surface area contributed by atoms with E-state index in [4.69, 9.17) is 9.15 Å². The van der Waals surface area contributed by atoms with Gasteiger partial charge in [-0.1, -0.05) is 0 Å². The van der Waals surface area contributed by atoms with Gasteiger partial charge in [-0.05, 0) is 20.8 Å². The molecule has 1 rings (SSSR count). The van der Waals surface area contributed by atoms with E-state index >= 15 is 0 Å². The molecule has 0 aliphatic rings. The van der Waals surface area contributed by atoms with Crippen LogP contribution in [0.15, 0.2) is 17.0 Å². The fourth-order valence-corrected chi connectivity index (χ4v) is 0.986. The molecule has 0 saturated carbocycles. The summed E-state index contributed by atoms with van der Waals surface area (Å²) < 4.78 is 9.90. The molecule has 0 aromatic carbocycles. The molecule has 6 nitrogen and oxygen atoms in total. The zero-order valence-corrected chi connectivity index (χ0v) is 9.39. The molecule has 0 aliphatic heterocycles. The molecule has 1 N–H and O–H groups in total. The van der Waals surface area contributed by atoms with Gasteiger partial charge < -0.3 is 19.3 Å². The first-order valence-electron chi connectivity index (χ1n) is 4.75. The lowest BCUT2D eigenvalue weighted by Gasteiger charge is -2.20. The molecule has 1 atom stereocenters. The van der Waals surface area contributed by atoms with Crippen molar-refractivity contribution in [3.8, 4) is 0 Å². The number of hydrogen-bond acceptors (Lipinski definition) is 5. The third kappa shape index (κ3) is 3.72. The number of aldehydes is 1. The van der Waals surface area contributed by atoms with E-state index in [9.17, 15) is 9.59 Å². The number of ether oxygens (including phenoxy) is 1. The number of rotatable bonds is 3. The molecule has 0 aliphatic carbocycles. The normalized spacial score (nSPS) is 12.9. The summed E-state index contributed by atoms with van der Waals surface area (Å²) in [6, 6.07) is -0.877. The maximum absolute atomic E-state index is 11.4. The van der Waals surface area contributed by atoms with Crippen molar-refractivity contribution in [1.29, 1.82) is 0 Å². The lowest BCUT2D eigenvalue weighted by atomic mass is 10.2. The Kier molecular flexibility index (Phi) is 3.65. The summed E-state index contributed by atoms with van der Waals surface area (Å²) in [5.74, 6) is 0.265. The van der Waals surface area contributed by atoms with E-state index < -0.39 is 17.7 Å². The van der Waals surface area contributed by atoms with Gasteiger partial charge in [0.15, 0.2) is 12.2 Å². The number of amides is 1. The average molecular weight is 226 g/mol. The highest BCUT2D eigenvalue weighted by Crippen LogP contribution is 2.11. The predicted molar refractivity (Wildman–Crippen MR) is 54.7 cm³/mol. The number of carbonyl (C=O) groups is 2. The smallest absolute Gasteiger partial charge is 0.408 e. The minimum absolute atomic E-state index is 0.265. The molecular weight excluding hydrogens is 212 g/mol. The van der Waals surface area contributed by atoms with Crippen molar-refractivity contribution in [3.05, 3.63) is 18.4 Å². The Labute approximate surface area is 93.0 Å². The van der Waals surface area contributed by atoms with Crippen LogP contribution >= 0.6 is 0 Å². The van der Waals surface area contributed by atoms with Crippen LogP contribution in [0.3, 0.4) is 0 Å². The minimum Gasteiger partial charge on any atom is -0.446 e. The Hall–Kier alpha value is -1.85. The van der Waals surface area contributed by atoms with E-state index in [1.807, 2.05) is 0 Å². The van der Waals surface area contributed by atoms with E-state index in [-0.39, 0.29) is 5.76 Å². The summed E-state index contributed by atoms with van der Waals surface area (Å²) in [5, 5.41) is 2.36. The van der Waals surface area contributed by atoms with Gasteiger partial charge in [0, 0.05) is 0 Å². The summed E-state index contributed by atoms with van der Waals surface area (Å²) in [4.78, 5) is 25.8. The highest BCUT2D eigenvalue weighted by atomic mass is 16.6. The average Bonchev–Trinajstić information content (AvgIpc) is 2.63. The third-order valence-corrected chi connectivity index (χ3v) is 1.57. The van der Waals surface area contributed by atoms with Gasteiger partial charge in [0.2, 0.25) is 0 Å². The van der Waals surface area contributed by atoms with Crippen molar-refractivity contribution < 1.29 is 18.7 Å². The van der Waals surface area contributed by atoms with Crippen molar-refractivity contribution in [2.45, 2.75) is 32.4 Å². The number of alkyl carbamates (subject to hydrolysis) is 1. The van der Waals surface area contributed by atoms with Crippen LogP contribution in [0.25, 0.3) is 0 Å². The minimum atomic E-state index is -0.877. The molecule has 0 radical (unpaired) electrons. The van der Waals surface area contributed by atoms with Crippen molar-refractivity contribution in [2.75, 3.05) is 0 Å². The van der Waals surface area contributed by atoms with E-state index in [2.05, 4.69) is 10.3 Å². The highest BCUT2D eigenvalue weighted by molar-refractivity contribution is 5.73. The lowest BCUT2D eigenvalue weighted by Crippen LogP contribution is -2.35. The molecule has 0 spiro atoms. The molecular formula is C10H14N2O4. The fraction of sp³-hybridized carbons (Fsp3) is 0.500. The molecule has 0 fully saturated rings. The van der Waals surface area contributed by atoms with Crippen molar-refractivity contribution in [3.63, 3.8) is 0 Å². The summed E-state index contributed by atoms with van der Waals surface area (Å²) >= 11 is 0. The number of nitrogens with one attached hydrogen (secondary N) is 1. The van der Waals surface area contributed by atoms with Crippen molar-refractivity contribution in [1.82, 2.24) is 10.3 Å². The molecule has 1 heterocycles. The molecule has 6 heteroatoms. The van der Waals surface area contributed by atoms with Crippen LogP contribution < -0.4 is 5.32 Å². The molecule has 0 saturated heterocycles. The monoisotopic (exact) mass is 226 g/mol. The molecule has 1 aromatic heterocycles. The van der Waals surface area contributed by atoms with Gasteiger partial charge in [0.1, 0.15) is 17.9 Å². The molecule has 1 unspecified atom stereocenters. The summed E-state index contributed by atoms with van der Waals surface area (Å²) in [6.07, 6.45) is 2.41. The van der Waals surface area contributed by atoms with Gasteiger partial charge in [0.05, 0.1) is 6.20 Å². The van der Waals surface area contributed by atoms with Gasteiger partial charge in [-0.25, -0.2) is 9.78 Å². The van der Waals surface area contributed by atoms with Crippen LogP contribution in [0.1, 0.15) is 32.6 Å². The maximum atomic E-state index is 11.4. The molecule has 88 valence electrons. The second-order valence-electron chi connectivity index (χ2n) is 4.16. The Bertz CT molecular complexity index is 353. The van der Waals surface area contributed by atoms with Gasteiger partial charge in [-0.2, -0.15) is 0 Å². The SMILES string of the molecule is CC(C)(C)OC(=O)NC(C=O)c1cnco1. The van der Waals surface area contributed by atoms with Crippen LogP contribution in [-0.2, 0) is 9.53 Å². The first kappa shape index (κ1) is 12.2. The van der Waals surface area contributed by atoms with Gasteiger partial charge in [0.25, 0.3) is 0 Å². The van der Waals surface area contributed by atoms with E-state index in [1.165, 1.54) is 12.6 Å². The zero-order valence-electron chi connectivity index (χ0n) is 9.39. The first-order valence-corrected chi connectivity index (χ1v) is 4.75. The first-order chi connectivity index (χ1) is 7.42. The Balaban J connectivity index is 2.58. The highest BCUT2D eigenvalue weighted by Gasteiger charge is 2.21. The quantitative estimate of drug-likeness (QED) is 0.788. The fourth-order valence-electron chi connectivity index (χ4n) is 0.986. The largest absolute Gasteiger partial charge is 0.446 e. The number of aromatic nitrogens is 1. The topological polar surface area (TPSA) is 81.4 Å². The molecule has 1 amide bonds. The Morgan fingerprint density at radius 3 is 2.75 bits per heavy atom. The molecule has 0 bridgehead atoms. The number of oxazole rings is 1. The van der Waals surface area contributed by atoms with E-state index in [0.717, 1.165) is 0 Å². The van der Waals surface area contributed by atoms with Crippen molar-refractivity contribution >= 4 is 12.4 Å². The number of hydrogen-bond donors (Lipinski definition) is 1. The summed E-state index contributed by atoms with van der Waals surface area (Å²) in [5.41, 5.74) is -0.612. The Morgan fingerprint density at radius 1 is 1.62 bits per heavy atom. The third-order valence-electron chi connectivity index (χ3n) is 1.57. The zero-order chi connectivity index (χ0) is 12.2. The Morgan fingerprint density at radius 2 is 2.31 bits per heavy atom. The predicted octanol–water partition coefficient (Wildman–Crippen LogP) is 1.44. The standard InChI is InChI=1S/C10H14N2O4/c1-10(2,3)16-9(14)12-7(5-13)8-4-11-6-15-8/h4-7H,1-3H3,(H,12,14). The van der Waals surface area contributed by atoms with Crippen LogP contribution in [0.2, 0.25) is 0 Å². The van der Waals surface area contributed by atoms with E-state index in [1.54, 1.807) is 20.8 Å².